The molecule has 0 unspecified atom stereocenters. The SMILES string of the molecule is CCCN/C=C(/C#N)C(=O)NCCc1ccccc1. The highest BCUT2D eigenvalue weighted by Crippen LogP contribution is 1.98. The lowest BCUT2D eigenvalue weighted by Crippen LogP contribution is -2.27. The summed E-state index contributed by atoms with van der Waals surface area (Å²) in [5, 5.41) is 14.6. The van der Waals surface area contributed by atoms with Crippen molar-refractivity contribution in [3.63, 3.8) is 0 Å². The first kappa shape index (κ1) is 14.8. The van der Waals surface area contributed by atoms with Crippen LogP contribution in [0.5, 0.6) is 0 Å². The predicted octanol–water partition coefficient (Wildman–Crippen LogP) is 1.75. The first-order valence-corrected chi connectivity index (χ1v) is 6.43. The maximum atomic E-state index is 11.7. The third kappa shape index (κ3) is 5.73. The Morgan fingerprint density at radius 2 is 2.05 bits per heavy atom. The van der Waals surface area contributed by atoms with Crippen LogP contribution in [0.4, 0.5) is 0 Å². The molecule has 1 amide bonds. The average molecular weight is 257 g/mol. The largest absolute Gasteiger partial charge is 0.390 e. The smallest absolute Gasteiger partial charge is 0.263 e. The number of carbonyl (C=O) groups is 1. The molecule has 0 heterocycles. The van der Waals surface area contributed by atoms with Crippen molar-refractivity contribution < 1.29 is 4.79 Å². The Balaban J connectivity index is 2.37. The summed E-state index contributed by atoms with van der Waals surface area (Å²) in [6, 6.07) is 11.8. The molecule has 1 aromatic rings. The highest BCUT2D eigenvalue weighted by atomic mass is 16.1. The van der Waals surface area contributed by atoms with E-state index in [1.54, 1.807) is 0 Å². The van der Waals surface area contributed by atoms with Crippen LogP contribution in [0.1, 0.15) is 18.9 Å². The van der Waals surface area contributed by atoms with Crippen molar-refractivity contribution in [3.8, 4) is 6.07 Å². The lowest BCUT2D eigenvalue weighted by atomic mass is 10.1. The van der Waals surface area contributed by atoms with Crippen LogP contribution in [0, 0.1) is 11.3 Å². The Labute approximate surface area is 114 Å². The van der Waals surface area contributed by atoms with E-state index < -0.39 is 0 Å². The number of hydrogen-bond acceptors (Lipinski definition) is 3. The molecule has 1 aromatic carbocycles. The zero-order valence-corrected chi connectivity index (χ0v) is 11.1. The van der Waals surface area contributed by atoms with Gasteiger partial charge in [-0.15, -0.1) is 0 Å². The topological polar surface area (TPSA) is 64.9 Å². The number of rotatable bonds is 7. The summed E-state index contributed by atoms with van der Waals surface area (Å²) >= 11 is 0. The third-order valence-electron chi connectivity index (χ3n) is 2.55. The predicted molar refractivity (Wildman–Crippen MR) is 75.1 cm³/mol. The molecule has 4 heteroatoms. The van der Waals surface area contributed by atoms with E-state index in [0.29, 0.717) is 6.54 Å². The highest BCUT2D eigenvalue weighted by Gasteiger charge is 2.07. The van der Waals surface area contributed by atoms with Crippen molar-refractivity contribution in [2.75, 3.05) is 13.1 Å². The van der Waals surface area contributed by atoms with Crippen LogP contribution in [0.3, 0.4) is 0 Å². The Morgan fingerprint density at radius 3 is 2.68 bits per heavy atom. The second kappa shape index (κ2) is 8.76. The molecule has 0 fully saturated rings. The minimum absolute atomic E-state index is 0.113. The summed E-state index contributed by atoms with van der Waals surface area (Å²) in [7, 11) is 0. The fourth-order valence-electron chi connectivity index (χ4n) is 1.53. The molecule has 0 bridgehead atoms. The molecule has 0 radical (unpaired) electrons. The normalized spacial score (nSPS) is 10.6. The van der Waals surface area contributed by atoms with Crippen LogP contribution in [0.25, 0.3) is 0 Å². The van der Waals surface area contributed by atoms with Crippen molar-refractivity contribution >= 4 is 5.91 Å². The fraction of sp³-hybridized carbons (Fsp3) is 0.333. The number of benzene rings is 1. The van der Waals surface area contributed by atoms with Crippen LogP contribution < -0.4 is 10.6 Å². The zero-order valence-electron chi connectivity index (χ0n) is 11.1. The van der Waals surface area contributed by atoms with Crippen LogP contribution in [-0.4, -0.2) is 19.0 Å². The minimum atomic E-state index is -0.331. The fourth-order valence-corrected chi connectivity index (χ4v) is 1.53. The van der Waals surface area contributed by atoms with Gasteiger partial charge in [0.1, 0.15) is 11.6 Å². The Hall–Kier alpha value is -2.28. The molecule has 2 N–H and O–H groups in total. The molecule has 0 saturated heterocycles. The number of nitrogens with zero attached hydrogens (tertiary/aromatic N) is 1. The van der Waals surface area contributed by atoms with E-state index in [9.17, 15) is 4.79 Å². The summed E-state index contributed by atoms with van der Waals surface area (Å²) in [5.41, 5.74) is 1.27. The number of hydrogen-bond donors (Lipinski definition) is 2. The van der Waals surface area contributed by atoms with E-state index in [2.05, 4.69) is 10.6 Å². The lowest BCUT2D eigenvalue weighted by Gasteiger charge is -2.05. The van der Waals surface area contributed by atoms with Gasteiger partial charge in [-0.05, 0) is 18.4 Å². The molecule has 0 atom stereocenters. The van der Waals surface area contributed by atoms with Gasteiger partial charge in [-0.2, -0.15) is 5.26 Å². The Bertz CT molecular complexity index is 460. The minimum Gasteiger partial charge on any atom is -0.390 e. The molecular weight excluding hydrogens is 238 g/mol. The number of carbonyl (C=O) groups excluding carboxylic acids is 1. The number of nitrogens with one attached hydrogen (secondary N) is 2. The van der Waals surface area contributed by atoms with Crippen LogP contribution in [-0.2, 0) is 11.2 Å². The molecule has 4 nitrogen and oxygen atoms in total. The van der Waals surface area contributed by atoms with E-state index in [-0.39, 0.29) is 11.5 Å². The maximum Gasteiger partial charge on any atom is 0.263 e. The molecule has 0 aromatic heterocycles. The quantitative estimate of drug-likeness (QED) is 0.444. The van der Waals surface area contributed by atoms with Gasteiger partial charge in [0.05, 0.1) is 0 Å². The first-order chi connectivity index (χ1) is 9.27. The number of amides is 1. The van der Waals surface area contributed by atoms with Crippen molar-refractivity contribution in [2.24, 2.45) is 0 Å². The summed E-state index contributed by atoms with van der Waals surface area (Å²) in [5.74, 6) is -0.331. The standard InChI is InChI=1S/C15H19N3O/c1-2-9-17-12-14(11-16)15(19)18-10-8-13-6-4-3-5-7-13/h3-7,12,17H,2,8-10H2,1H3,(H,18,19)/b14-12-. The van der Waals surface area contributed by atoms with E-state index in [0.717, 1.165) is 24.9 Å². The van der Waals surface area contributed by atoms with Crippen molar-refractivity contribution in [1.82, 2.24) is 10.6 Å². The molecule has 1 rings (SSSR count). The van der Waals surface area contributed by atoms with Crippen molar-refractivity contribution in [1.29, 1.82) is 5.26 Å². The van der Waals surface area contributed by atoms with Gasteiger partial charge in [0.25, 0.3) is 5.91 Å². The summed E-state index contributed by atoms with van der Waals surface area (Å²) in [6.45, 7) is 3.30. The van der Waals surface area contributed by atoms with Crippen LogP contribution in [0.15, 0.2) is 42.1 Å². The van der Waals surface area contributed by atoms with Crippen LogP contribution >= 0.6 is 0 Å². The van der Waals surface area contributed by atoms with Gasteiger partial charge < -0.3 is 10.6 Å². The molecule has 0 aliphatic carbocycles. The van der Waals surface area contributed by atoms with Crippen molar-refractivity contribution in [2.45, 2.75) is 19.8 Å². The molecule has 100 valence electrons. The van der Waals surface area contributed by atoms with Crippen LogP contribution in [0.2, 0.25) is 0 Å². The first-order valence-electron chi connectivity index (χ1n) is 6.43. The number of nitriles is 1. The molecule has 19 heavy (non-hydrogen) atoms. The van der Waals surface area contributed by atoms with Crippen molar-refractivity contribution in [3.05, 3.63) is 47.7 Å². The van der Waals surface area contributed by atoms with Gasteiger partial charge in [0.15, 0.2) is 0 Å². The highest BCUT2D eigenvalue weighted by molar-refractivity contribution is 5.97. The van der Waals surface area contributed by atoms with Gasteiger partial charge >= 0.3 is 0 Å². The lowest BCUT2D eigenvalue weighted by molar-refractivity contribution is -0.117. The van der Waals surface area contributed by atoms with Gasteiger partial charge in [0.2, 0.25) is 0 Å². The Kier molecular flexibility index (Phi) is 6.81. The molecular formula is C15H19N3O. The van der Waals surface area contributed by atoms with E-state index in [4.69, 9.17) is 5.26 Å². The third-order valence-corrected chi connectivity index (χ3v) is 2.55. The van der Waals surface area contributed by atoms with Gasteiger partial charge in [0, 0.05) is 19.3 Å². The van der Waals surface area contributed by atoms with Gasteiger partial charge in [-0.25, -0.2) is 0 Å². The molecule has 0 saturated carbocycles. The average Bonchev–Trinajstić information content (AvgIpc) is 2.44. The summed E-state index contributed by atoms with van der Waals surface area (Å²) in [6.07, 6.45) is 3.18. The monoisotopic (exact) mass is 257 g/mol. The second-order valence-corrected chi connectivity index (χ2v) is 4.12. The molecule has 0 aliphatic heterocycles. The molecule has 0 spiro atoms. The second-order valence-electron chi connectivity index (χ2n) is 4.12. The summed E-state index contributed by atoms with van der Waals surface area (Å²) < 4.78 is 0. The maximum absolute atomic E-state index is 11.7. The van der Waals surface area contributed by atoms with E-state index >= 15 is 0 Å². The van der Waals surface area contributed by atoms with Gasteiger partial charge in [-0.3, -0.25) is 4.79 Å². The summed E-state index contributed by atoms with van der Waals surface area (Å²) in [4.78, 5) is 11.7. The Morgan fingerprint density at radius 1 is 1.32 bits per heavy atom. The van der Waals surface area contributed by atoms with E-state index in [1.807, 2.05) is 43.3 Å². The zero-order chi connectivity index (χ0) is 13.9. The van der Waals surface area contributed by atoms with Gasteiger partial charge in [-0.1, -0.05) is 37.3 Å². The molecule has 0 aliphatic rings. The van der Waals surface area contributed by atoms with E-state index in [1.165, 1.54) is 6.20 Å².